The third-order valence-corrected chi connectivity index (χ3v) is 3.26. The van der Waals surface area contributed by atoms with Crippen molar-refractivity contribution in [2.45, 2.75) is 13.0 Å². The molecule has 0 bridgehead atoms. The Balaban J connectivity index is 2.08. The van der Waals surface area contributed by atoms with Crippen molar-refractivity contribution >= 4 is 11.6 Å². The summed E-state index contributed by atoms with van der Waals surface area (Å²) < 4.78 is 5.10. The van der Waals surface area contributed by atoms with Crippen molar-refractivity contribution in [3.8, 4) is 11.5 Å². The Kier molecular flexibility index (Phi) is 4.33. The molecular weight excluding hydrogens is 268 g/mol. The maximum Gasteiger partial charge on any atom is 0.251 e. The molecule has 2 aromatic carbocycles. The first-order chi connectivity index (χ1) is 10.0. The zero-order chi connectivity index (χ0) is 15.4. The molecule has 2 aromatic rings. The predicted molar refractivity (Wildman–Crippen MR) is 81.4 cm³/mol. The van der Waals surface area contributed by atoms with Crippen molar-refractivity contribution in [2.75, 3.05) is 12.8 Å². The number of hydrogen-bond acceptors (Lipinski definition) is 4. The largest absolute Gasteiger partial charge is 0.506 e. The second-order valence-electron chi connectivity index (χ2n) is 4.74. The number of carbonyl (C=O) groups excluding carboxylic acids is 1. The molecule has 0 aliphatic rings. The first-order valence-corrected chi connectivity index (χ1v) is 6.54. The standard InChI is InChI=1S/C16H18N2O3/c1-10(11-3-6-13(21-2)7-4-11)18-16(20)12-5-8-14(17)15(19)9-12/h3-10,19H,17H2,1-2H3,(H,18,20). The first kappa shape index (κ1) is 14.7. The minimum atomic E-state index is -0.270. The summed E-state index contributed by atoms with van der Waals surface area (Å²) in [5.74, 6) is 0.397. The third kappa shape index (κ3) is 3.45. The predicted octanol–water partition coefficient (Wildman–Crippen LogP) is 2.47. The van der Waals surface area contributed by atoms with Crippen LogP contribution in [0.1, 0.15) is 28.9 Å². The molecule has 21 heavy (non-hydrogen) atoms. The number of amides is 1. The molecule has 0 radical (unpaired) electrons. The van der Waals surface area contributed by atoms with Crippen molar-refractivity contribution in [3.63, 3.8) is 0 Å². The van der Waals surface area contributed by atoms with Crippen LogP contribution in [0.4, 0.5) is 5.69 Å². The minimum absolute atomic E-state index is 0.0975. The molecule has 1 atom stereocenters. The van der Waals surface area contributed by atoms with Gasteiger partial charge in [0.15, 0.2) is 0 Å². The van der Waals surface area contributed by atoms with Crippen molar-refractivity contribution in [1.82, 2.24) is 5.32 Å². The van der Waals surface area contributed by atoms with E-state index in [-0.39, 0.29) is 23.4 Å². The molecule has 0 heterocycles. The van der Waals surface area contributed by atoms with Crippen molar-refractivity contribution < 1.29 is 14.6 Å². The van der Waals surface area contributed by atoms with E-state index in [1.807, 2.05) is 31.2 Å². The minimum Gasteiger partial charge on any atom is -0.506 e. The summed E-state index contributed by atoms with van der Waals surface area (Å²) in [6.45, 7) is 1.89. The molecule has 0 aliphatic heterocycles. The molecule has 0 aromatic heterocycles. The van der Waals surface area contributed by atoms with Gasteiger partial charge in [-0.1, -0.05) is 12.1 Å². The highest BCUT2D eigenvalue weighted by atomic mass is 16.5. The quantitative estimate of drug-likeness (QED) is 0.595. The van der Waals surface area contributed by atoms with Crippen LogP contribution in [-0.2, 0) is 0 Å². The van der Waals surface area contributed by atoms with Crippen LogP contribution in [0.5, 0.6) is 11.5 Å². The fourth-order valence-electron chi connectivity index (χ4n) is 1.94. The molecule has 5 heteroatoms. The lowest BCUT2D eigenvalue weighted by atomic mass is 10.1. The lowest BCUT2D eigenvalue weighted by Crippen LogP contribution is -2.26. The van der Waals surface area contributed by atoms with Crippen molar-refractivity contribution in [2.24, 2.45) is 0 Å². The SMILES string of the molecule is COc1ccc(C(C)NC(=O)c2ccc(N)c(O)c2)cc1. The molecule has 0 saturated heterocycles. The van der Waals surface area contributed by atoms with E-state index in [0.29, 0.717) is 5.56 Å². The fourth-order valence-corrected chi connectivity index (χ4v) is 1.94. The first-order valence-electron chi connectivity index (χ1n) is 6.54. The number of methoxy groups -OCH3 is 1. The van der Waals surface area contributed by atoms with Crippen LogP contribution in [0, 0.1) is 0 Å². The third-order valence-electron chi connectivity index (χ3n) is 3.26. The zero-order valence-electron chi connectivity index (χ0n) is 12.0. The van der Waals surface area contributed by atoms with Crippen LogP contribution in [0.25, 0.3) is 0 Å². The lowest BCUT2D eigenvalue weighted by Gasteiger charge is -2.15. The van der Waals surface area contributed by atoms with Crippen molar-refractivity contribution in [3.05, 3.63) is 53.6 Å². The number of nitrogen functional groups attached to an aromatic ring is 1. The van der Waals surface area contributed by atoms with Gasteiger partial charge in [-0.25, -0.2) is 0 Å². The van der Waals surface area contributed by atoms with Gasteiger partial charge in [-0.05, 0) is 42.8 Å². The summed E-state index contributed by atoms with van der Waals surface area (Å²) in [6.07, 6.45) is 0. The van der Waals surface area contributed by atoms with Crippen LogP contribution >= 0.6 is 0 Å². The Labute approximate surface area is 123 Å². The highest BCUT2D eigenvalue weighted by Crippen LogP contribution is 2.22. The number of phenols is 1. The van der Waals surface area contributed by atoms with Crippen molar-refractivity contribution in [1.29, 1.82) is 0 Å². The second kappa shape index (κ2) is 6.17. The Morgan fingerprint density at radius 3 is 2.48 bits per heavy atom. The van der Waals surface area contributed by atoms with Gasteiger partial charge >= 0.3 is 0 Å². The van der Waals surface area contributed by atoms with E-state index in [1.165, 1.54) is 12.1 Å². The highest BCUT2D eigenvalue weighted by Gasteiger charge is 2.12. The Morgan fingerprint density at radius 2 is 1.90 bits per heavy atom. The lowest BCUT2D eigenvalue weighted by molar-refractivity contribution is 0.0939. The number of nitrogens with one attached hydrogen (secondary N) is 1. The summed E-state index contributed by atoms with van der Waals surface area (Å²) in [5, 5.41) is 12.4. The van der Waals surface area contributed by atoms with E-state index in [9.17, 15) is 9.90 Å². The number of anilines is 1. The topological polar surface area (TPSA) is 84.6 Å². The number of aromatic hydroxyl groups is 1. The Bertz CT molecular complexity index is 638. The second-order valence-corrected chi connectivity index (χ2v) is 4.74. The number of nitrogens with two attached hydrogens (primary N) is 1. The maximum atomic E-state index is 12.1. The van der Waals surface area contributed by atoms with E-state index >= 15 is 0 Å². The number of benzene rings is 2. The summed E-state index contributed by atoms with van der Waals surface area (Å²) in [5.41, 5.74) is 7.08. The normalized spacial score (nSPS) is 11.7. The summed E-state index contributed by atoms with van der Waals surface area (Å²) in [6, 6.07) is 11.7. The number of ether oxygens (including phenoxy) is 1. The highest BCUT2D eigenvalue weighted by molar-refractivity contribution is 5.95. The molecule has 5 nitrogen and oxygen atoms in total. The van der Waals surface area contributed by atoms with Gasteiger partial charge in [-0.15, -0.1) is 0 Å². The van der Waals surface area contributed by atoms with Gasteiger partial charge in [0.1, 0.15) is 11.5 Å². The van der Waals surface area contributed by atoms with E-state index in [2.05, 4.69) is 5.32 Å². The molecule has 110 valence electrons. The smallest absolute Gasteiger partial charge is 0.251 e. The van der Waals surface area contributed by atoms with Crippen LogP contribution in [-0.4, -0.2) is 18.1 Å². The molecule has 4 N–H and O–H groups in total. The maximum absolute atomic E-state index is 12.1. The summed E-state index contributed by atoms with van der Waals surface area (Å²) in [4.78, 5) is 12.1. The van der Waals surface area contributed by atoms with Gasteiger partial charge in [0.05, 0.1) is 18.8 Å². The van der Waals surface area contributed by atoms with Crippen LogP contribution < -0.4 is 15.8 Å². The molecule has 2 rings (SSSR count). The van der Waals surface area contributed by atoms with Gasteiger partial charge in [0.2, 0.25) is 0 Å². The van der Waals surface area contributed by atoms with Gasteiger partial charge in [0.25, 0.3) is 5.91 Å². The summed E-state index contributed by atoms with van der Waals surface area (Å²) >= 11 is 0. The number of carbonyl (C=O) groups is 1. The molecule has 0 spiro atoms. The molecule has 1 amide bonds. The Hall–Kier alpha value is -2.69. The van der Waals surface area contributed by atoms with E-state index in [1.54, 1.807) is 13.2 Å². The van der Waals surface area contributed by atoms with E-state index in [0.717, 1.165) is 11.3 Å². The van der Waals surface area contributed by atoms with E-state index < -0.39 is 0 Å². The monoisotopic (exact) mass is 286 g/mol. The molecule has 0 fully saturated rings. The number of hydrogen-bond donors (Lipinski definition) is 3. The van der Waals surface area contributed by atoms with E-state index in [4.69, 9.17) is 10.5 Å². The Morgan fingerprint density at radius 1 is 1.24 bits per heavy atom. The number of rotatable bonds is 4. The molecule has 0 saturated carbocycles. The average Bonchev–Trinajstić information content (AvgIpc) is 2.50. The van der Waals surface area contributed by atoms with Crippen LogP contribution in [0.2, 0.25) is 0 Å². The number of phenolic OH excluding ortho intramolecular Hbond substituents is 1. The van der Waals surface area contributed by atoms with Crippen LogP contribution in [0.3, 0.4) is 0 Å². The zero-order valence-corrected chi connectivity index (χ0v) is 12.0. The molecule has 1 unspecified atom stereocenters. The summed E-state index contributed by atoms with van der Waals surface area (Å²) in [7, 11) is 1.60. The van der Waals surface area contributed by atoms with Gasteiger partial charge in [-0.3, -0.25) is 4.79 Å². The fraction of sp³-hybridized carbons (Fsp3) is 0.188. The molecule has 0 aliphatic carbocycles. The molecular formula is C16H18N2O3. The van der Waals surface area contributed by atoms with Crippen LogP contribution in [0.15, 0.2) is 42.5 Å². The average molecular weight is 286 g/mol. The van der Waals surface area contributed by atoms with Gasteiger partial charge in [0, 0.05) is 5.56 Å². The van der Waals surface area contributed by atoms with Gasteiger partial charge in [-0.2, -0.15) is 0 Å². The van der Waals surface area contributed by atoms with Gasteiger partial charge < -0.3 is 20.9 Å².